The molecule has 1 heterocycles. The van der Waals surface area contributed by atoms with Crippen molar-refractivity contribution >= 4 is 23.0 Å². The van der Waals surface area contributed by atoms with E-state index < -0.39 is 5.63 Å². The van der Waals surface area contributed by atoms with Gasteiger partial charge in [0.15, 0.2) is 0 Å². The molecule has 5 heteroatoms. The van der Waals surface area contributed by atoms with Crippen LogP contribution in [0.25, 0.3) is 17.0 Å². The van der Waals surface area contributed by atoms with E-state index in [-0.39, 0.29) is 18.5 Å². The van der Waals surface area contributed by atoms with E-state index in [1.165, 1.54) is 6.07 Å². The van der Waals surface area contributed by atoms with E-state index in [2.05, 4.69) is 6.58 Å². The second-order valence-electron chi connectivity index (χ2n) is 7.48. The third-order valence-electron chi connectivity index (χ3n) is 4.71. The van der Waals surface area contributed by atoms with E-state index in [4.69, 9.17) is 13.9 Å². The smallest absolute Gasteiger partial charge is 0.336 e. The molecule has 3 aromatic rings. The molecule has 0 unspecified atom stereocenters. The molecule has 0 spiro atoms. The van der Waals surface area contributed by atoms with Crippen molar-refractivity contribution in [2.24, 2.45) is 0 Å². The maximum absolute atomic E-state index is 12.0. The van der Waals surface area contributed by atoms with Gasteiger partial charge in [0.2, 0.25) is 0 Å². The van der Waals surface area contributed by atoms with Crippen LogP contribution in [0, 0.1) is 6.92 Å². The number of ether oxygens (including phenoxy) is 2. The van der Waals surface area contributed by atoms with Crippen LogP contribution in [0.1, 0.15) is 42.5 Å². The molecule has 0 aliphatic carbocycles. The van der Waals surface area contributed by atoms with E-state index in [0.29, 0.717) is 24.4 Å². The Kier molecular flexibility index (Phi) is 6.72. The molecule has 0 saturated carbocycles. The van der Waals surface area contributed by atoms with Crippen molar-refractivity contribution < 1.29 is 18.7 Å². The monoisotopic (exact) mass is 406 g/mol. The number of carbonyl (C=O) groups excluding carboxylic acids is 1. The summed E-state index contributed by atoms with van der Waals surface area (Å²) in [6.45, 7) is 9.61. The summed E-state index contributed by atoms with van der Waals surface area (Å²) >= 11 is 0. The highest BCUT2D eigenvalue weighted by atomic mass is 16.5. The first-order chi connectivity index (χ1) is 14.4. The van der Waals surface area contributed by atoms with Gasteiger partial charge in [-0.1, -0.05) is 36.9 Å². The van der Waals surface area contributed by atoms with Crippen molar-refractivity contribution in [3.05, 3.63) is 81.7 Å². The Bertz CT molecular complexity index is 1110. The molecule has 0 fully saturated rings. The van der Waals surface area contributed by atoms with E-state index in [1.807, 2.05) is 51.1 Å². The van der Waals surface area contributed by atoms with E-state index in [9.17, 15) is 9.59 Å². The van der Waals surface area contributed by atoms with Crippen LogP contribution in [0.5, 0.6) is 5.75 Å². The van der Waals surface area contributed by atoms with Crippen molar-refractivity contribution in [2.75, 3.05) is 0 Å². The van der Waals surface area contributed by atoms with Crippen LogP contribution in [0.15, 0.2) is 58.3 Å². The van der Waals surface area contributed by atoms with Crippen molar-refractivity contribution in [3.63, 3.8) is 0 Å². The van der Waals surface area contributed by atoms with Gasteiger partial charge in [-0.05, 0) is 55.5 Å². The van der Waals surface area contributed by atoms with Crippen LogP contribution >= 0.6 is 0 Å². The fraction of sp³-hybridized carbons (Fsp3) is 0.280. The zero-order chi connectivity index (χ0) is 21.7. The predicted molar refractivity (Wildman–Crippen MR) is 118 cm³/mol. The lowest BCUT2D eigenvalue weighted by Crippen LogP contribution is -2.12. The first kappa shape index (κ1) is 21.4. The summed E-state index contributed by atoms with van der Waals surface area (Å²) in [5.41, 5.74) is 3.77. The topological polar surface area (TPSA) is 65.7 Å². The van der Waals surface area contributed by atoms with Crippen molar-refractivity contribution in [1.29, 1.82) is 0 Å². The molecule has 0 radical (unpaired) electrons. The van der Waals surface area contributed by atoms with Crippen molar-refractivity contribution in [2.45, 2.75) is 46.3 Å². The number of benzene rings is 2. The average Bonchev–Trinajstić information content (AvgIpc) is 2.70. The Balaban J connectivity index is 1.89. The molecule has 156 valence electrons. The normalized spacial score (nSPS) is 10.9. The van der Waals surface area contributed by atoms with E-state index >= 15 is 0 Å². The van der Waals surface area contributed by atoms with Crippen LogP contribution < -0.4 is 10.4 Å². The molecular weight excluding hydrogens is 380 g/mol. The predicted octanol–water partition coefficient (Wildman–Crippen LogP) is 5.21. The fourth-order valence-electron chi connectivity index (χ4n) is 3.19. The highest BCUT2D eigenvalue weighted by Gasteiger charge is 2.14. The Hall–Kier alpha value is -3.34. The van der Waals surface area contributed by atoms with Crippen molar-refractivity contribution in [3.8, 4) is 5.75 Å². The van der Waals surface area contributed by atoms with Gasteiger partial charge in [-0.2, -0.15) is 0 Å². The van der Waals surface area contributed by atoms with E-state index in [1.54, 1.807) is 12.1 Å². The van der Waals surface area contributed by atoms with Gasteiger partial charge in [0, 0.05) is 23.9 Å². The molecule has 0 amide bonds. The molecule has 0 aliphatic heterocycles. The highest BCUT2D eigenvalue weighted by molar-refractivity contribution is 5.83. The molecular formula is C25H26O5. The summed E-state index contributed by atoms with van der Waals surface area (Å²) in [5, 5.41) is 0.824. The standard InChI is InChI=1S/C25H26O5/c1-5-18-6-8-19(9-7-18)15-28-22-14-23-21(17(4)12-25(27)30-23)13-20(22)10-11-24(26)29-16(2)3/h5-9,12-14,16H,1,10-11,15H2,2-4H3. The zero-order valence-corrected chi connectivity index (χ0v) is 17.6. The molecule has 1 aromatic heterocycles. The SMILES string of the molecule is C=Cc1ccc(COc2cc3oc(=O)cc(C)c3cc2CCC(=O)OC(C)C)cc1. The fourth-order valence-corrected chi connectivity index (χ4v) is 3.19. The number of fused-ring (bicyclic) bond motifs is 1. The number of carbonyl (C=O) groups is 1. The zero-order valence-electron chi connectivity index (χ0n) is 17.6. The molecule has 2 aromatic carbocycles. The summed E-state index contributed by atoms with van der Waals surface area (Å²) in [5.74, 6) is 0.328. The maximum Gasteiger partial charge on any atom is 0.336 e. The summed E-state index contributed by atoms with van der Waals surface area (Å²) < 4.78 is 16.7. The highest BCUT2D eigenvalue weighted by Crippen LogP contribution is 2.29. The maximum atomic E-state index is 12.0. The lowest BCUT2D eigenvalue weighted by atomic mass is 10.0. The summed E-state index contributed by atoms with van der Waals surface area (Å²) in [6, 6.07) is 13.0. The van der Waals surface area contributed by atoms with Gasteiger partial charge in [-0.15, -0.1) is 0 Å². The van der Waals surface area contributed by atoms with Gasteiger partial charge in [0.1, 0.15) is 17.9 Å². The summed E-state index contributed by atoms with van der Waals surface area (Å²) in [7, 11) is 0. The first-order valence-electron chi connectivity index (χ1n) is 9.96. The second kappa shape index (κ2) is 9.44. The number of hydrogen-bond donors (Lipinski definition) is 0. The van der Waals surface area contributed by atoms with E-state index in [0.717, 1.165) is 27.6 Å². The number of hydrogen-bond acceptors (Lipinski definition) is 5. The molecule has 5 nitrogen and oxygen atoms in total. The van der Waals surface area contributed by atoms with Crippen molar-refractivity contribution in [1.82, 2.24) is 0 Å². The quantitative estimate of drug-likeness (QED) is 0.380. The van der Waals surface area contributed by atoms with Gasteiger partial charge in [0.25, 0.3) is 0 Å². The van der Waals surface area contributed by atoms with Gasteiger partial charge in [0.05, 0.1) is 6.10 Å². The lowest BCUT2D eigenvalue weighted by Gasteiger charge is -2.14. The Morgan fingerprint density at radius 3 is 2.57 bits per heavy atom. The largest absolute Gasteiger partial charge is 0.488 e. The van der Waals surface area contributed by atoms with Gasteiger partial charge < -0.3 is 13.9 Å². The third kappa shape index (κ3) is 5.38. The molecule has 0 aliphatic rings. The van der Waals surface area contributed by atoms with Crippen LogP contribution in [0.3, 0.4) is 0 Å². The molecule has 0 atom stereocenters. The Labute approximate surface area is 175 Å². The summed E-state index contributed by atoms with van der Waals surface area (Å²) in [4.78, 5) is 23.8. The van der Waals surface area contributed by atoms with Crippen LogP contribution in [0.2, 0.25) is 0 Å². The number of rotatable bonds is 8. The first-order valence-corrected chi connectivity index (χ1v) is 9.96. The number of esters is 1. The second-order valence-corrected chi connectivity index (χ2v) is 7.48. The average molecular weight is 406 g/mol. The van der Waals surface area contributed by atoms with Crippen LogP contribution in [-0.2, 0) is 22.6 Å². The minimum absolute atomic E-state index is 0.153. The molecule has 30 heavy (non-hydrogen) atoms. The number of aryl methyl sites for hydroxylation is 2. The van der Waals surface area contributed by atoms with Crippen LogP contribution in [0.4, 0.5) is 0 Å². The minimum Gasteiger partial charge on any atom is -0.488 e. The van der Waals surface area contributed by atoms with Gasteiger partial charge in [-0.25, -0.2) is 4.79 Å². The van der Waals surface area contributed by atoms with Crippen LogP contribution in [-0.4, -0.2) is 12.1 Å². The Morgan fingerprint density at radius 1 is 1.17 bits per heavy atom. The van der Waals surface area contributed by atoms with Gasteiger partial charge in [-0.3, -0.25) is 4.79 Å². The molecule has 0 bridgehead atoms. The minimum atomic E-state index is -0.403. The molecule has 3 rings (SSSR count). The van der Waals surface area contributed by atoms with Gasteiger partial charge >= 0.3 is 11.6 Å². The Morgan fingerprint density at radius 2 is 1.90 bits per heavy atom. The molecule has 0 saturated heterocycles. The third-order valence-corrected chi connectivity index (χ3v) is 4.71. The lowest BCUT2D eigenvalue weighted by molar-refractivity contribution is -0.147. The summed E-state index contributed by atoms with van der Waals surface area (Å²) in [6.07, 6.45) is 2.33. The molecule has 0 N–H and O–H groups in total.